The van der Waals surface area contributed by atoms with Crippen molar-refractivity contribution in [3.8, 4) is 0 Å². The van der Waals surface area contributed by atoms with Gasteiger partial charge >= 0.3 is 0 Å². The lowest BCUT2D eigenvalue weighted by Crippen LogP contribution is -1.88. The van der Waals surface area contributed by atoms with Crippen LogP contribution in [0, 0.1) is 0 Å². The number of benzene rings is 1. The fraction of sp³-hybridized carbons (Fsp3) is 0.455. The maximum absolute atomic E-state index is 2.35. The largest absolute Gasteiger partial charge is 0.114 e. The van der Waals surface area contributed by atoms with Gasteiger partial charge in [-0.3, -0.25) is 0 Å². The van der Waals surface area contributed by atoms with Gasteiger partial charge in [0, 0.05) is 0 Å². The Bertz CT molecular complexity index is 209. The lowest BCUT2D eigenvalue weighted by atomic mass is 10.1. The molecule has 0 bridgehead atoms. The van der Waals surface area contributed by atoms with Gasteiger partial charge in [0.05, 0.1) is 0 Å². The molecule has 0 aliphatic rings. The van der Waals surface area contributed by atoms with E-state index in [1.165, 1.54) is 24.6 Å². The Morgan fingerprint density at radius 2 is 1.69 bits per heavy atom. The van der Waals surface area contributed by atoms with Crippen molar-refractivity contribution in [2.75, 3.05) is 19.5 Å². The fourth-order valence-corrected chi connectivity index (χ4v) is 2.03. The second-order valence-corrected chi connectivity index (χ2v) is 6.00. The second kappa shape index (κ2) is 7.53. The molecule has 2 heteroatoms. The van der Waals surface area contributed by atoms with Crippen LogP contribution in [0.2, 0.25) is 0 Å². The molecule has 74 valence electrons. The Balaban J connectivity index is 0.00000144. The molecule has 0 unspecified atom stereocenters. The lowest BCUT2D eigenvalue weighted by molar-refractivity contribution is 0.929. The molecule has 1 aromatic rings. The van der Waals surface area contributed by atoms with Gasteiger partial charge in [-0.25, -0.2) is 0 Å². The molecule has 0 heterocycles. The van der Waals surface area contributed by atoms with Crippen LogP contribution in [0.3, 0.4) is 0 Å². The Morgan fingerprint density at radius 1 is 1.08 bits per heavy atom. The van der Waals surface area contributed by atoms with E-state index in [0.29, 0.717) is 7.92 Å². The van der Waals surface area contributed by atoms with Crippen molar-refractivity contribution < 1.29 is 0 Å². The first-order valence-corrected chi connectivity index (χ1v) is 6.90. The summed E-state index contributed by atoms with van der Waals surface area (Å²) in [6, 6.07) is 10.8. The molecule has 1 rings (SSSR count). The van der Waals surface area contributed by atoms with Gasteiger partial charge in [-0.2, -0.15) is 0 Å². The zero-order valence-electron chi connectivity index (χ0n) is 8.36. The van der Waals surface area contributed by atoms with Crippen molar-refractivity contribution in [3.05, 3.63) is 35.9 Å². The van der Waals surface area contributed by atoms with E-state index in [2.05, 4.69) is 43.7 Å². The number of aryl methyl sites for hydroxylation is 1. The van der Waals surface area contributed by atoms with Crippen molar-refractivity contribution in [2.24, 2.45) is 0 Å². The molecule has 0 nitrogen and oxygen atoms in total. The van der Waals surface area contributed by atoms with Crippen LogP contribution in [-0.2, 0) is 6.42 Å². The van der Waals surface area contributed by atoms with Gasteiger partial charge < -0.3 is 0 Å². The second-order valence-electron chi connectivity index (χ2n) is 3.39. The zero-order chi connectivity index (χ0) is 8.81. The van der Waals surface area contributed by atoms with E-state index in [9.17, 15) is 0 Å². The average molecular weight is 261 g/mol. The molecular weight excluding hydrogens is 243 g/mol. The number of rotatable bonds is 4. The number of hydrogen-bond donors (Lipinski definition) is 0. The summed E-state index contributed by atoms with van der Waals surface area (Å²) in [5.41, 5.74) is 1.48. The van der Waals surface area contributed by atoms with Gasteiger partial charge in [0.15, 0.2) is 0 Å². The minimum atomic E-state index is 0. The van der Waals surface area contributed by atoms with Gasteiger partial charge in [0.1, 0.15) is 0 Å². The average Bonchev–Trinajstić information content (AvgIpc) is 2.05. The number of hydrogen-bond acceptors (Lipinski definition) is 0. The van der Waals surface area contributed by atoms with Crippen LogP contribution < -0.4 is 0 Å². The maximum atomic E-state index is 2.35. The predicted octanol–water partition coefficient (Wildman–Crippen LogP) is 3.94. The molecule has 0 saturated carbocycles. The first-order chi connectivity index (χ1) is 5.79. The normalized spacial score (nSPS) is 9.77. The van der Waals surface area contributed by atoms with Crippen LogP contribution in [0.25, 0.3) is 0 Å². The Labute approximate surface area is 93.3 Å². The van der Waals surface area contributed by atoms with Crippen molar-refractivity contribution in [3.63, 3.8) is 0 Å². The van der Waals surface area contributed by atoms with Gasteiger partial charge in [0.2, 0.25) is 0 Å². The standard InChI is InChI=1S/C11H17P.BrH/c1-12(2)10-6-9-11-7-4-3-5-8-11;/h3-5,7-8H,6,9-10H2,1-2H3;1H. The number of halogens is 1. The molecule has 0 atom stereocenters. The summed E-state index contributed by atoms with van der Waals surface area (Å²) >= 11 is 0. The van der Waals surface area contributed by atoms with Crippen LogP contribution in [0.4, 0.5) is 0 Å². The van der Waals surface area contributed by atoms with Crippen molar-refractivity contribution >= 4 is 24.9 Å². The third-order valence-corrected chi connectivity index (χ3v) is 3.12. The van der Waals surface area contributed by atoms with Crippen LogP contribution in [0.5, 0.6) is 0 Å². The Morgan fingerprint density at radius 3 is 2.23 bits per heavy atom. The molecule has 0 aromatic heterocycles. The van der Waals surface area contributed by atoms with Gasteiger partial charge in [-0.05, 0) is 37.9 Å². The molecule has 0 amide bonds. The lowest BCUT2D eigenvalue weighted by Gasteiger charge is -2.04. The van der Waals surface area contributed by atoms with Crippen LogP contribution >= 0.6 is 24.9 Å². The van der Waals surface area contributed by atoms with E-state index in [1.807, 2.05) is 0 Å². The zero-order valence-corrected chi connectivity index (χ0v) is 11.0. The summed E-state index contributed by atoms with van der Waals surface area (Å²) in [6.45, 7) is 4.70. The SMILES string of the molecule is Br.CP(C)CCCc1ccccc1. The van der Waals surface area contributed by atoms with E-state index >= 15 is 0 Å². The van der Waals surface area contributed by atoms with Crippen LogP contribution in [0.1, 0.15) is 12.0 Å². The summed E-state index contributed by atoms with van der Waals surface area (Å²) in [7, 11) is 0.303. The Kier molecular flexibility index (Phi) is 7.60. The monoisotopic (exact) mass is 260 g/mol. The van der Waals surface area contributed by atoms with E-state index in [0.717, 1.165) is 0 Å². The first-order valence-electron chi connectivity index (χ1n) is 4.47. The summed E-state index contributed by atoms with van der Waals surface area (Å²) in [5.74, 6) is 0. The predicted molar refractivity (Wildman–Crippen MR) is 68.7 cm³/mol. The summed E-state index contributed by atoms with van der Waals surface area (Å²) < 4.78 is 0. The highest BCUT2D eigenvalue weighted by Gasteiger charge is 1.94. The molecule has 0 aliphatic carbocycles. The third-order valence-electron chi connectivity index (χ3n) is 1.91. The van der Waals surface area contributed by atoms with E-state index < -0.39 is 0 Å². The minimum absolute atomic E-state index is 0. The van der Waals surface area contributed by atoms with E-state index in [1.54, 1.807) is 0 Å². The van der Waals surface area contributed by atoms with Gasteiger partial charge in [-0.15, -0.1) is 24.9 Å². The van der Waals surface area contributed by atoms with Gasteiger partial charge in [0.25, 0.3) is 0 Å². The molecule has 0 N–H and O–H groups in total. The molecular formula is C11H18BrP. The molecule has 0 aliphatic heterocycles. The Hall–Kier alpha value is 0.130. The van der Waals surface area contributed by atoms with Crippen molar-refractivity contribution in [1.29, 1.82) is 0 Å². The topological polar surface area (TPSA) is 0 Å². The van der Waals surface area contributed by atoms with Crippen molar-refractivity contribution in [2.45, 2.75) is 12.8 Å². The molecule has 0 spiro atoms. The highest BCUT2D eigenvalue weighted by Crippen LogP contribution is 2.25. The molecule has 0 radical (unpaired) electrons. The fourth-order valence-electron chi connectivity index (χ4n) is 1.24. The first kappa shape index (κ1) is 13.1. The quantitative estimate of drug-likeness (QED) is 0.720. The summed E-state index contributed by atoms with van der Waals surface area (Å²) in [4.78, 5) is 0. The summed E-state index contributed by atoms with van der Waals surface area (Å²) in [5, 5.41) is 0. The minimum Gasteiger partial charge on any atom is -0.114 e. The smallest absolute Gasteiger partial charge is 0.0276 e. The highest BCUT2D eigenvalue weighted by atomic mass is 79.9. The van der Waals surface area contributed by atoms with Crippen molar-refractivity contribution in [1.82, 2.24) is 0 Å². The molecule has 13 heavy (non-hydrogen) atoms. The van der Waals surface area contributed by atoms with E-state index in [-0.39, 0.29) is 17.0 Å². The third kappa shape index (κ3) is 6.23. The summed E-state index contributed by atoms with van der Waals surface area (Å²) in [6.07, 6.45) is 4.01. The van der Waals surface area contributed by atoms with Crippen LogP contribution in [0.15, 0.2) is 30.3 Å². The van der Waals surface area contributed by atoms with Crippen LogP contribution in [-0.4, -0.2) is 19.5 Å². The van der Waals surface area contributed by atoms with Gasteiger partial charge in [-0.1, -0.05) is 30.3 Å². The highest BCUT2D eigenvalue weighted by molar-refractivity contribution is 8.93. The molecule has 0 saturated heterocycles. The van der Waals surface area contributed by atoms with E-state index in [4.69, 9.17) is 0 Å². The molecule has 1 aromatic carbocycles. The maximum Gasteiger partial charge on any atom is -0.0276 e. The molecule has 0 fully saturated rings.